The molecule has 0 saturated heterocycles. The molecule has 2 aromatic carbocycles. The first-order chi connectivity index (χ1) is 18.9. The molecule has 1 heterocycles. The molecule has 3 aromatic rings. The van der Waals surface area contributed by atoms with Crippen molar-refractivity contribution in [2.75, 3.05) is 11.9 Å². The fourth-order valence-electron chi connectivity index (χ4n) is 4.21. The molecule has 39 heavy (non-hydrogen) atoms. The molecule has 0 amide bonds. The number of aromatic nitrogens is 2. The number of rotatable bonds is 17. The van der Waals surface area contributed by atoms with Gasteiger partial charge in [0.1, 0.15) is 11.5 Å². The Morgan fingerprint density at radius 3 is 2.10 bits per heavy atom. The number of aliphatic imine (C=N–C) groups is 1. The predicted octanol–water partition coefficient (Wildman–Crippen LogP) is 10.5. The van der Waals surface area contributed by atoms with Gasteiger partial charge in [0.25, 0.3) is 5.56 Å². The fraction of sp³-hybridized carbons (Fsp3) is 0.448. The molecule has 0 aliphatic heterocycles. The Hall–Kier alpha value is -2.12. The number of anilines is 2. The Bertz CT molecular complexity index is 1250. The number of aromatic amines is 1. The number of ether oxygens (including phenoxy) is 1. The lowest BCUT2D eigenvalue weighted by Gasteiger charge is -2.09. The first-order valence-electron chi connectivity index (χ1n) is 13.6. The van der Waals surface area contributed by atoms with Crippen molar-refractivity contribution in [3.63, 3.8) is 0 Å². The van der Waals surface area contributed by atoms with Gasteiger partial charge in [0.05, 0.1) is 33.0 Å². The third kappa shape index (κ3) is 10.4. The van der Waals surface area contributed by atoms with Crippen molar-refractivity contribution in [1.82, 2.24) is 9.78 Å². The van der Waals surface area contributed by atoms with Crippen molar-refractivity contribution in [3.8, 4) is 5.69 Å². The molecule has 0 atom stereocenters. The lowest BCUT2D eigenvalue weighted by Crippen LogP contribution is -2.14. The van der Waals surface area contributed by atoms with Crippen LogP contribution in [0.15, 0.2) is 46.2 Å². The largest absolute Gasteiger partial charge is 0.483 e. The van der Waals surface area contributed by atoms with Gasteiger partial charge < -0.3 is 10.1 Å². The topological polar surface area (TPSA) is 71.4 Å². The molecule has 0 bridgehead atoms. The molecule has 1 aromatic heterocycles. The van der Waals surface area contributed by atoms with Gasteiger partial charge in [0, 0.05) is 11.1 Å². The Kier molecular flexibility index (Phi) is 13.6. The zero-order chi connectivity index (χ0) is 28.0. The number of H-pyrrole nitrogens is 1. The van der Waals surface area contributed by atoms with Crippen LogP contribution in [0.5, 0.6) is 0 Å². The standard InChI is InChI=1S/C29H36Cl4N4O2/c1-2-3-4-5-6-7-8-9-10-11-12-15-39-20-34-22-13-14-23(31)26(18-22)35-27-19-28(38)37(36-27)29-24(32)16-21(30)17-25(29)33/h13-14,16-20,35-36H,2-12,15H2,1H3. The summed E-state index contributed by atoms with van der Waals surface area (Å²) in [6, 6.07) is 9.69. The summed E-state index contributed by atoms with van der Waals surface area (Å²) in [5.41, 5.74) is 1.18. The number of hydrogen-bond acceptors (Lipinski definition) is 4. The van der Waals surface area contributed by atoms with Gasteiger partial charge in [-0.15, -0.1) is 0 Å². The molecule has 0 fully saturated rings. The maximum Gasteiger partial charge on any atom is 0.273 e. The third-order valence-electron chi connectivity index (χ3n) is 6.29. The number of nitrogens with zero attached hydrogens (tertiary/aromatic N) is 2. The molecular weight excluding hydrogens is 578 g/mol. The maximum absolute atomic E-state index is 12.6. The highest BCUT2D eigenvalue weighted by Gasteiger charge is 2.14. The molecule has 6 nitrogen and oxygen atoms in total. The number of hydrogen-bond donors (Lipinski definition) is 2. The SMILES string of the molecule is CCCCCCCCCCCCCOC=Nc1ccc(Cl)c(Nc2cc(=O)n(-c3c(Cl)cc(Cl)cc3Cl)[nH]2)c1. The Morgan fingerprint density at radius 1 is 0.846 bits per heavy atom. The summed E-state index contributed by atoms with van der Waals surface area (Å²) >= 11 is 24.9. The molecule has 2 N–H and O–H groups in total. The van der Waals surface area contributed by atoms with E-state index in [1.54, 1.807) is 18.2 Å². The first kappa shape index (κ1) is 31.4. The summed E-state index contributed by atoms with van der Waals surface area (Å²) in [4.78, 5) is 17.0. The van der Waals surface area contributed by atoms with Crippen LogP contribution in [0.1, 0.15) is 77.6 Å². The number of halogens is 4. The van der Waals surface area contributed by atoms with E-state index in [4.69, 9.17) is 51.1 Å². The van der Waals surface area contributed by atoms with E-state index < -0.39 is 0 Å². The second-order valence-electron chi connectivity index (χ2n) is 9.49. The smallest absolute Gasteiger partial charge is 0.273 e. The van der Waals surface area contributed by atoms with Gasteiger partial charge in [-0.3, -0.25) is 9.89 Å². The summed E-state index contributed by atoms with van der Waals surface area (Å²) < 4.78 is 6.81. The highest BCUT2D eigenvalue weighted by atomic mass is 35.5. The van der Waals surface area contributed by atoms with E-state index in [1.807, 2.05) is 0 Å². The first-order valence-corrected chi connectivity index (χ1v) is 15.1. The molecule has 0 radical (unpaired) electrons. The summed E-state index contributed by atoms with van der Waals surface area (Å²) in [5.74, 6) is 0.401. The van der Waals surface area contributed by atoms with Gasteiger partial charge in [0.2, 0.25) is 0 Å². The van der Waals surface area contributed by atoms with Crippen molar-refractivity contribution < 1.29 is 4.74 Å². The van der Waals surface area contributed by atoms with E-state index in [1.165, 1.54) is 93.5 Å². The third-order valence-corrected chi connectivity index (χ3v) is 7.41. The van der Waals surface area contributed by atoms with Crippen LogP contribution in [0, 0.1) is 0 Å². The molecule has 0 unspecified atom stereocenters. The van der Waals surface area contributed by atoms with Crippen LogP contribution < -0.4 is 10.9 Å². The molecule has 0 spiro atoms. The average molecular weight is 614 g/mol. The van der Waals surface area contributed by atoms with E-state index in [9.17, 15) is 4.79 Å². The molecular formula is C29H36Cl4N4O2. The van der Waals surface area contributed by atoms with Gasteiger partial charge in [-0.1, -0.05) is 118 Å². The monoisotopic (exact) mass is 612 g/mol. The van der Waals surface area contributed by atoms with Crippen LogP contribution in [-0.4, -0.2) is 22.8 Å². The average Bonchev–Trinajstić information content (AvgIpc) is 3.24. The summed E-state index contributed by atoms with van der Waals surface area (Å²) in [7, 11) is 0. The van der Waals surface area contributed by atoms with Crippen LogP contribution in [-0.2, 0) is 4.74 Å². The minimum absolute atomic E-state index is 0.241. The summed E-state index contributed by atoms with van der Waals surface area (Å²) in [6.45, 7) is 2.90. The van der Waals surface area contributed by atoms with Gasteiger partial charge in [-0.05, 0) is 36.8 Å². The van der Waals surface area contributed by atoms with E-state index in [2.05, 4.69) is 22.3 Å². The highest BCUT2D eigenvalue weighted by Crippen LogP contribution is 2.32. The number of benzene rings is 2. The zero-order valence-electron chi connectivity index (χ0n) is 22.2. The van der Waals surface area contributed by atoms with Gasteiger partial charge >= 0.3 is 0 Å². The van der Waals surface area contributed by atoms with Crippen molar-refractivity contribution in [2.24, 2.45) is 4.99 Å². The maximum atomic E-state index is 12.6. The lowest BCUT2D eigenvalue weighted by molar-refractivity contribution is 0.306. The Labute approximate surface area is 250 Å². The van der Waals surface area contributed by atoms with Crippen LogP contribution in [0.25, 0.3) is 5.69 Å². The number of unbranched alkanes of at least 4 members (excludes halogenated alkanes) is 10. The lowest BCUT2D eigenvalue weighted by atomic mass is 10.1. The van der Waals surface area contributed by atoms with Crippen LogP contribution in [0.4, 0.5) is 17.2 Å². The van der Waals surface area contributed by atoms with E-state index in [0.717, 1.165) is 6.42 Å². The second kappa shape index (κ2) is 16.9. The van der Waals surface area contributed by atoms with Gasteiger partial charge in [0.15, 0.2) is 6.40 Å². The molecule has 3 rings (SSSR count). The van der Waals surface area contributed by atoms with Crippen molar-refractivity contribution in [1.29, 1.82) is 0 Å². The molecule has 0 saturated carbocycles. The quantitative estimate of drug-likeness (QED) is 0.0903. The Morgan fingerprint density at radius 2 is 1.46 bits per heavy atom. The number of nitrogens with one attached hydrogen (secondary N) is 2. The van der Waals surface area contributed by atoms with E-state index in [0.29, 0.717) is 39.5 Å². The van der Waals surface area contributed by atoms with E-state index >= 15 is 0 Å². The van der Waals surface area contributed by atoms with Crippen molar-refractivity contribution >= 4 is 70.0 Å². The summed E-state index contributed by atoms with van der Waals surface area (Å²) in [6.07, 6.45) is 15.7. The van der Waals surface area contributed by atoms with Crippen molar-refractivity contribution in [2.45, 2.75) is 77.6 Å². The highest BCUT2D eigenvalue weighted by molar-refractivity contribution is 6.40. The minimum Gasteiger partial charge on any atom is -0.483 e. The van der Waals surface area contributed by atoms with Gasteiger partial charge in [-0.25, -0.2) is 9.67 Å². The Balaban J connectivity index is 1.44. The molecule has 10 heteroatoms. The fourth-order valence-corrected chi connectivity index (χ4v) is 5.36. The van der Waals surface area contributed by atoms with Crippen LogP contribution in [0.2, 0.25) is 20.1 Å². The van der Waals surface area contributed by atoms with Crippen LogP contribution in [0.3, 0.4) is 0 Å². The van der Waals surface area contributed by atoms with Crippen LogP contribution >= 0.6 is 46.4 Å². The molecule has 212 valence electrons. The zero-order valence-corrected chi connectivity index (χ0v) is 25.3. The minimum atomic E-state index is -0.357. The second-order valence-corrected chi connectivity index (χ2v) is 11.1. The van der Waals surface area contributed by atoms with Gasteiger partial charge in [-0.2, -0.15) is 0 Å². The summed E-state index contributed by atoms with van der Waals surface area (Å²) in [5, 5.41) is 7.38. The van der Waals surface area contributed by atoms with Crippen molar-refractivity contribution in [3.05, 3.63) is 66.8 Å². The predicted molar refractivity (Wildman–Crippen MR) is 167 cm³/mol. The van der Waals surface area contributed by atoms with E-state index in [-0.39, 0.29) is 15.6 Å². The molecule has 0 aliphatic rings. The molecule has 0 aliphatic carbocycles. The normalized spacial score (nSPS) is 11.4.